The number of carbonyl (C=O) groups excluding carboxylic acids is 1. The summed E-state index contributed by atoms with van der Waals surface area (Å²) in [7, 11) is 0. The average Bonchev–Trinajstić information content (AvgIpc) is 2.68. The van der Waals surface area contributed by atoms with Crippen LogP contribution in [0.5, 0.6) is 0 Å². The molecule has 0 aliphatic carbocycles. The Kier molecular flexibility index (Phi) is 4.47. The van der Waals surface area contributed by atoms with Crippen LogP contribution in [0.1, 0.15) is 16.1 Å². The highest BCUT2D eigenvalue weighted by Crippen LogP contribution is 2.20. The number of nitrogens with one attached hydrogen (secondary N) is 2. The Morgan fingerprint density at radius 2 is 2.20 bits per heavy atom. The smallest absolute Gasteiger partial charge is 0.314 e. The van der Waals surface area contributed by atoms with Crippen LogP contribution in [0.4, 0.5) is 14.3 Å². The van der Waals surface area contributed by atoms with Crippen LogP contribution in [-0.4, -0.2) is 11.0 Å². The molecule has 6 heteroatoms. The second-order valence-electron chi connectivity index (χ2n) is 4.15. The summed E-state index contributed by atoms with van der Waals surface area (Å²) in [6.45, 7) is 3.83. The number of hydrogen-bond donors (Lipinski definition) is 2. The van der Waals surface area contributed by atoms with Crippen LogP contribution in [0.15, 0.2) is 30.5 Å². The summed E-state index contributed by atoms with van der Waals surface area (Å²) in [6.07, 6.45) is 3.07. The Morgan fingerprint density at radius 1 is 1.40 bits per heavy atom. The Morgan fingerprint density at radius 3 is 2.85 bits per heavy atom. The number of anilines is 1. The van der Waals surface area contributed by atoms with Gasteiger partial charge in [0.05, 0.1) is 5.69 Å². The van der Waals surface area contributed by atoms with Crippen molar-refractivity contribution >= 4 is 28.6 Å². The lowest BCUT2D eigenvalue weighted by Crippen LogP contribution is -2.23. The fraction of sp³-hybridized carbons (Fsp3) is 0.143. The molecule has 2 aromatic rings. The highest BCUT2D eigenvalue weighted by Gasteiger charge is 2.05. The van der Waals surface area contributed by atoms with Gasteiger partial charge in [-0.1, -0.05) is 12.1 Å². The van der Waals surface area contributed by atoms with Crippen molar-refractivity contribution in [3.05, 3.63) is 52.4 Å². The van der Waals surface area contributed by atoms with E-state index in [0.29, 0.717) is 10.7 Å². The van der Waals surface area contributed by atoms with Gasteiger partial charge in [0.1, 0.15) is 5.82 Å². The zero-order valence-electron chi connectivity index (χ0n) is 11.1. The average molecular weight is 291 g/mol. The Bertz CT molecular complexity index is 632. The Labute approximate surface area is 120 Å². The van der Waals surface area contributed by atoms with Crippen molar-refractivity contribution in [3.8, 4) is 0 Å². The van der Waals surface area contributed by atoms with E-state index in [0.717, 1.165) is 10.6 Å². The number of hydrogen-bond acceptors (Lipinski definition) is 3. The minimum Gasteiger partial charge on any atom is -0.314 e. The molecule has 1 aromatic heterocycles. The molecular formula is C14H14FN3OS. The van der Waals surface area contributed by atoms with E-state index in [1.165, 1.54) is 29.7 Å². The molecule has 2 amide bonds. The third-order valence-corrected chi connectivity index (χ3v) is 3.58. The predicted molar refractivity (Wildman–Crippen MR) is 79.2 cm³/mol. The lowest BCUT2D eigenvalue weighted by Gasteiger charge is -2.00. The lowest BCUT2D eigenvalue weighted by atomic mass is 10.2. The molecule has 0 atom stereocenters. The first-order chi connectivity index (χ1) is 9.54. The summed E-state index contributed by atoms with van der Waals surface area (Å²) < 4.78 is 12.9. The second kappa shape index (κ2) is 6.29. The number of benzene rings is 1. The summed E-state index contributed by atoms with van der Waals surface area (Å²) in [5.41, 5.74) is 1.58. The molecule has 20 heavy (non-hydrogen) atoms. The first kappa shape index (κ1) is 14.2. The highest BCUT2D eigenvalue weighted by atomic mass is 32.1. The molecule has 0 unspecified atom stereocenters. The van der Waals surface area contributed by atoms with Gasteiger partial charge >= 0.3 is 6.03 Å². The molecule has 104 valence electrons. The molecule has 0 spiro atoms. The van der Waals surface area contributed by atoms with Crippen LogP contribution in [0.25, 0.3) is 6.08 Å². The standard InChI is InChI=1S/C14H14FN3OS/c1-9-10(2)20-14(17-9)18-13(19)16-7-6-11-4-3-5-12(15)8-11/h3-8H,1-2H3,(H2,16,17,18,19)/b7-6+. The van der Waals surface area contributed by atoms with Gasteiger partial charge in [-0.15, -0.1) is 11.3 Å². The molecular weight excluding hydrogens is 277 g/mol. The van der Waals surface area contributed by atoms with Gasteiger partial charge in [-0.3, -0.25) is 5.32 Å². The van der Waals surface area contributed by atoms with Crippen molar-refractivity contribution in [1.82, 2.24) is 10.3 Å². The van der Waals surface area contributed by atoms with E-state index in [4.69, 9.17) is 0 Å². The molecule has 2 N–H and O–H groups in total. The molecule has 0 radical (unpaired) electrons. The first-order valence-electron chi connectivity index (χ1n) is 5.98. The van der Waals surface area contributed by atoms with Crippen LogP contribution >= 0.6 is 11.3 Å². The molecule has 0 saturated heterocycles. The number of halogens is 1. The zero-order chi connectivity index (χ0) is 14.5. The number of urea groups is 1. The molecule has 0 aliphatic heterocycles. The zero-order valence-corrected chi connectivity index (χ0v) is 11.9. The summed E-state index contributed by atoms with van der Waals surface area (Å²) in [4.78, 5) is 16.9. The fourth-order valence-corrected chi connectivity index (χ4v) is 2.29. The topological polar surface area (TPSA) is 54.0 Å². The molecule has 1 aromatic carbocycles. The normalized spacial score (nSPS) is 10.8. The van der Waals surface area contributed by atoms with Gasteiger partial charge in [0.15, 0.2) is 5.13 Å². The van der Waals surface area contributed by atoms with Crippen LogP contribution in [0.3, 0.4) is 0 Å². The van der Waals surface area contributed by atoms with Crippen molar-refractivity contribution in [2.45, 2.75) is 13.8 Å². The number of aryl methyl sites for hydroxylation is 2. The summed E-state index contributed by atoms with van der Waals surface area (Å²) in [6, 6.07) is 5.71. The molecule has 0 fully saturated rings. The number of aromatic nitrogens is 1. The van der Waals surface area contributed by atoms with Gasteiger partial charge in [-0.25, -0.2) is 14.2 Å². The van der Waals surface area contributed by atoms with Crippen molar-refractivity contribution in [1.29, 1.82) is 0 Å². The van der Waals surface area contributed by atoms with Crippen molar-refractivity contribution in [2.75, 3.05) is 5.32 Å². The third-order valence-electron chi connectivity index (χ3n) is 2.59. The van der Waals surface area contributed by atoms with Gasteiger partial charge < -0.3 is 5.32 Å². The fourth-order valence-electron chi connectivity index (χ4n) is 1.48. The molecule has 0 aliphatic rings. The number of thiazole rings is 1. The maximum atomic E-state index is 12.9. The molecule has 0 bridgehead atoms. The van der Waals surface area contributed by atoms with Gasteiger partial charge in [0.2, 0.25) is 0 Å². The van der Waals surface area contributed by atoms with E-state index < -0.39 is 0 Å². The molecule has 1 heterocycles. The van der Waals surface area contributed by atoms with Gasteiger partial charge in [-0.2, -0.15) is 0 Å². The van der Waals surface area contributed by atoms with Crippen molar-refractivity contribution < 1.29 is 9.18 Å². The maximum Gasteiger partial charge on any atom is 0.325 e. The van der Waals surface area contributed by atoms with Gasteiger partial charge in [0.25, 0.3) is 0 Å². The number of carbonyl (C=O) groups is 1. The van der Waals surface area contributed by atoms with E-state index in [1.54, 1.807) is 18.2 Å². The van der Waals surface area contributed by atoms with Crippen LogP contribution < -0.4 is 10.6 Å². The Balaban J connectivity index is 1.89. The van der Waals surface area contributed by atoms with E-state index in [2.05, 4.69) is 15.6 Å². The molecule has 0 saturated carbocycles. The largest absolute Gasteiger partial charge is 0.325 e. The minimum atomic E-state index is -0.383. The summed E-state index contributed by atoms with van der Waals surface area (Å²) >= 11 is 1.42. The summed E-state index contributed by atoms with van der Waals surface area (Å²) in [5.74, 6) is -0.315. The minimum absolute atomic E-state index is 0.315. The number of rotatable bonds is 3. The van der Waals surface area contributed by atoms with Crippen molar-refractivity contribution in [3.63, 3.8) is 0 Å². The van der Waals surface area contributed by atoms with Crippen LogP contribution in [0, 0.1) is 19.7 Å². The molecule has 2 rings (SSSR count). The van der Waals surface area contributed by atoms with Gasteiger partial charge in [-0.05, 0) is 37.6 Å². The highest BCUT2D eigenvalue weighted by molar-refractivity contribution is 7.15. The quantitative estimate of drug-likeness (QED) is 0.906. The van der Waals surface area contributed by atoms with Crippen LogP contribution in [-0.2, 0) is 0 Å². The number of nitrogens with zero attached hydrogens (tertiary/aromatic N) is 1. The monoisotopic (exact) mass is 291 g/mol. The second-order valence-corrected chi connectivity index (χ2v) is 5.35. The van der Waals surface area contributed by atoms with E-state index in [-0.39, 0.29) is 11.8 Å². The molecule has 4 nitrogen and oxygen atoms in total. The number of amides is 2. The van der Waals surface area contributed by atoms with E-state index in [9.17, 15) is 9.18 Å². The third kappa shape index (κ3) is 3.89. The Hall–Kier alpha value is -2.21. The SMILES string of the molecule is Cc1nc(NC(=O)N/C=C/c2cccc(F)c2)sc1C. The van der Waals surface area contributed by atoms with Crippen molar-refractivity contribution in [2.24, 2.45) is 0 Å². The lowest BCUT2D eigenvalue weighted by molar-refractivity contribution is 0.255. The van der Waals surface area contributed by atoms with Gasteiger partial charge in [0, 0.05) is 11.1 Å². The maximum absolute atomic E-state index is 12.9. The first-order valence-corrected chi connectivity index (χ1v) is 6.80. The van der Waals surface area contributed by atoms with E-state index in [1.807, 2.05) is 13.8 Å². The van der Waals surface area contributed by atoms with Crippen LogP contribution in [0.2, 0.25) is 0 Å². The summed E-state index contributed by atoms with van der Waals surface area (Å²) in [5, 5.41) is 5.73. The van der Waals surface area contributed by atoms with E-state index >= 15 is 0 Å². The predicted octanol–water partition coefficient (Wildman–Crippen LogP) is 3.69.